The zero-order chi connectivity index (χ0) is 31.3. The topological polar surface area (TPSA) is 19.4 Å². The molecule has 0 aliphatic rings. The maximum absolute atomic E-state index is 15.5. The fraction of sp³-hybridized carbons (Fsp3) is 0. The number of aromatic nitrogens is 1. The molecule has 1 heterocycles. The van der Waals surface area contributed by atoms with Crippen LogP contribution < -0.4 is 9.80 Å². The van der Waals surface area contributed by atoms with Crippen LogP contribution in [0.1, 0.15) is 0 Å². The summed E-state index contributed by atoms with van der Waals surface area (Å²) in [4.78, 5) is 9.40. The lowest BCUT2D eigenvalue weighted by Gasteiger charge is -2.29. The molecular formula is C43H28FN3. The Morgan fingerprint density at radius 1 is 0.383 bits per heavy atom. The minimum atomic E-state index is -0.272. The molecule has 0 aliphatic heterocycles. The molecule has 222 valence electrons. The van der Waals surface area contributed by atoms with E-state index in [2.05, 4.69) is 102 Å². The first-order chi connectivity index (χ1) is 23.2. The molecule has 1 aromatic heterocycles. The number of para-hydroxylation sites is 4. The first kappa shape index (κ1) is 27.1. The van der Waals surface area contributed by atoms with E-state index in [1.807, 2.05) is 65.6 Å². The summed E-state index contributed by atoms with van der Waals surface area (Å²) in [6.07, 6.45) is 0. The quantitative estimate of drug-likeness (QED) is 0.176. The minimum absolute atomic E-state index is 0.272. The Morgan fingerprint density at radius 3 is 1.55 bits per heavy atom. The standard InChI is InChI=1S/C43H28FN3/c44-36-16-8-10-18-40(36)46(32-12-3-1-4-13-32)38-26-21-30-20-25-35-39(27-22-31-19-24-34(38)42(30)43(31)35)47(33-14-5-2-6-15-33)41-28-23-29-11-7-9-17-37(29)45-41/h1-28H. The van der Waals surface area contributed by atoms with Gasteiger partial charge in [0.15, 0.2) is 0 Å². The molecule has 0 N–H and O–H groups in total. The molecule has 0 saturated carbocycles. The SMILES string of the molecule is Fc1ccccc1N(c1ccccc1)c1ccc2ccc3c(N(c4ccccc4)c4ccc5ccccc5n4)ccc4ccc1c2c43. The van der Waals surface area contributed by atoms with Gasteiger partial charge in [0.25, 0.3) is 0 Å². The molecule has 0 bridgehead atoms. The smallest absolute Gasteiger partial charge is 0.147 e. The van der Waals surface area contributed by atoms with Gasteiger partial charge in [-0.25, -0.2) is 9.37 Å². The molecule has 8 aromatic carbocycles. The second kappa shape index (κ2) is 11.0. The average Bonchev–Trinajstić information content (AvgIpc) is 3.13. The molecular weight excluding hydrogens is 577 g/mol. The number of benzene rings is 8. The summed E-state index contributed by atoms with van der Waals surface area (Å²) in [6.45, 7) is 0. The molecule has 0 atom stereocenters. The summed E-state index contributed by atoms with van der Waals surface area (Å²) in [6, 6.07) is 57.3. The highest BCUT2D eigenvalue weighted by molar-refractivity contribution is 6.28. The minimum Gasteiger partial charge on any atom is -0.307 e. The van der Waals surface area contributed by atoms with Crippen LogP contribution >= 0.6 is 0 Å². The van der Waals surface area contributed by atoms with Gasteiger partial charge in [-0.15, -0.1) is 0 Å². The summed E-state index contributed by atoms with van der Waals surface area (Å²) < 4.78 is 15.5. The Balaban J connectivity index is 1.32. The normalized spacial score (nSPS) is 11.5. The van der Waals surface area contributed by atoms with Gasteiger partial charge in [-0.1, -0.05) is 103 Å². The largest absolute Gasteiger partial charge is 0.307 e. The van der Waals surface area contributed by atoms with Crippen LogP contribution in [0, 0.1) is 5.82 Å². The van der Waals surface area contributed by atoms with Crippen LogP contribution in [0.3, 0.4) is 0 Å². The summed E-state index contributed by atoms with van der Waals surface area (Å²) in [7, 11) is 0. The molecule has 0 aliphatic carbocycles. The van der Waals surface area contributed by atoms with Gasteiger partial charge in [0, 0.05) is 27.5 Å². The van der Waals surface area contributed by atoms with Crippen LogP contribution in [0.25, 0.3) is 43.2 Å². The number of hydrogen-bond acceptors (Lipinski definition) is 3. The number of halogens is 1. The van der Waals surface area contributed by atoms with Crippen molar-refractivity contribution in [3.05, 3.63) is 176 Å². The van der Waals surface area contributed by atoms with Crippen molar-refractivity contribution in [2.75, 3.05) is 9.80 Å². The van der Waals surface area contributed by atoms with E-state index in [-0.39, 0.29) is 5.82 Å². The van der Waals surface area contributed by atoms with Gasteiger partial charge >= 0.3 is 0 Å². The first-order valence-electron chi connectivity index (χ1n) is 15.8. The van der Waals surface area contributed by atoms with E-state index in [4.69, 9.17) is 4.98 Å². The number of hydrogen-bond donors (Lipinski definition) is 0. The lowest BCUT2D eigenvalue weighted by Crippen LogP contribution is -2.13. The van der Waals surface area contributed by atoms with Crippen LogP contribution in [-0.2, 0) is 0 Å². The molecule has 47 heavy (non-hydrogen) atoms. The summed E-state index contributed by atoms with van der Waals surface area (Å²) in [5.74, 6) is 0.575. The van der Waals surface area contributed by atoms with Gasteiger partial charge < -0.3 is 4.90 Å². The lowest BCUT2D eigenvalue weighted by molar-refractivity contribution is 0.629. The Hall–Kier alpha value is -6.26. The Morgan fingerprint density at radius 2 is 0.894 bits per heavy atom. The highest BCUT2D eigenvalue weighted by atomic mass is 19.1. The number of pyridine rings is 1. The Kier molecular flexibility index (Phi) is 6.32. The fourth-order valence-corrected chi connectivity index (χ4v) is 6.93. The van der Waals surface area contributed by atoms with E-state index in [1.165, 1.54) is 11.5 Å². The third kappa shape index (κ3) is 4.45. The van der Waals surface area contributed by atoms with Crippen molar-refractivity contribution in [1.29, 1.82) is 0 Å². The van der Waals surface area contributed by atoms with Gasteiger partial charge in [-0.05, 0) is 88.3 Å². The molecule has 0 radical (unpaired) electrons. The van der Waals surface area contributed by atoms with Crippen molar-refractivity contribution in [2.45, 2.75) is 0 Å². The zero-order valence-electron chi connectivity index (χ0n) is 25.4. The van der Waals surface area contributed by atoms with Crippen molar-refractivity contribution in [2.24, 2.45) is 0 Å². The van der Waals surface area contributed by atoms with Crippen LogP contribution in [0.4, 0.5) is 38.6 Å². The van der Waals surface area contributed by atoms with Crippen molar-refractivity contribution in [1.82, 2.24) is 4.98 Å². The predicted molar refractivity (Wildman–Crippen MR) is 195 cm³/mol. The predicted octanol–water partition coefficient (Wildman–Crippen LogP) is 12.2. The van der Waals surface area contributed by atoms with Gasteiger partial charge in [-0.2, -0.15) is 0 Å². The first-order valence-corrected chi connectivity index (χ1v) is 15.8. The third-order valence-electron chi connectivity index (χ3n) is 9.04. The van der Waals surface area contributed by atoms with Gasteiger partial charge in [0.05, 0.1) is 22.6 Å². The van der Waals surface area contributed by atoms with Crippen LogP contribution in [0.5, 0.6) is 0 Å². The summed E-state index contributed by atoms with van der Waals surface area (Å²) in [5, 5.41) is 7.88. The van der Waals surface area contributed by atoms with Crippen molar-refractivity contribution in [3.8, 4) is 0 Å². The van der Waals surface area contributed by atoms with E-state index in [0.29, 0.717) is 5.69 Å². The number of anilines is 6. The Labute approximate surface area is 271 Å². The molecule has 9 aromatic rings. The molecule has 9 rings (SSSR count). The number of fused-ring (bicyclic) bond motifs is 1. The van der Waals surface area contributed by atoms with E-state index in [9.17, 15) is 0 Å². The van der Waals surface area contributed by atoms with E-state index >= 15 is 4.39 Å². The highest BCUT2D eigenvalue weighted by Crippen LogP contribution is 2.47. The molecule has 0 unspecified atom stereocenters. The van der Waals surface area contributed by atoms with E-state index in [0.717, 1.165) is 66.4 Å². The molecule has 4 heteroatoms. The van der Waals surface area contributed by atoms with Gasteiger partial charge in [0.2, 0.25) is 0 Å². The van der Waals surface area contributed by atoms with Gasteiger partial charge in [-0.3, -0.25) is 4.90 Å². The van der Waals surface area contributed by atoms with Crippen LogP contribution in [-0.4, -0.2) is 4.98 Å². The number of nitrogens with zero attached hydrogens (tertiary/aromatic N) is 3. The van der Waals surface area contributed by atoms with Crippen molar-refractivity contribution >= 4 is 77.5 Å². The fourth-order valence-electron chi connectivity index (χ4n) is 6.93. The van der Waals surface area contributed by atoms with Gasteiger partial charge in [0.1, 0.15) is 11.6 Å². The molecule has 3 nitrogen and oxygen atoms in total. The van der Waals surface area contributed by atoms with Crippen LogP contribution in [0.2, 0.25) is 0 Å². The Bertz CT molecular complexity index is 2550. The molecule has 0 fully saturated rings. The maximum atomic E-state index is 15.5. The second-order valence-corrected chi connectivity index (χ2v) is 11.7. The molecule has 0 saturated heterocycles. The van der Waals surface area contributed by atoms with Crippen LogP contribution in [0.15, 0.2) is 170 Å². The van der Waals surface area contributed by atoms with E-state index in [1.54, 1.807) is 6.07 Å². The molecule has 0 spiro atoms. The monoisotopic (exact) mass is 605 g/mol. The van der Waals surface area contributed by atoms with E-state index < -0.39 is 0 Å². The third-order valence-corrected chi connectivity index (χ3v) is 9.04. The average molecular weight is 606 g/mol. The molecule has 0 amide bonds. The summed E-state index contributed by atoms with van der Waals surface area (Å²) in [5.41, 5.74) is 5.34. The maximum Gasteiger partial charge on any atom is 0.147 e. The van der Waals surface area contributed by atoms with Crippen molar-refractivity contribution < 1.29 is 4.39 Å². The zero-order valence-corrected chi connectivity index (χ0v) is 25.4. The summed E-state index contributed by atoms with van der Waals surface area (Å²) >= 11 is 0. The second-order valence-electron chi connectivity index (χ2n) is 11.7. The van der Waals surface area contributed by atoms with Crippen molar-refractivity contribution in [3.63, 3.8) is 0 Å². The lowest BCUT2D eigenvalue weighted by atomic mass is 9.92. The number of rotatable bonds is 6. The highest BCUT2D eigenvalue weighted by Gasteiger charge is 2.23.